The number of carbonyl (C=O) groups is 1. The lowest BCUT2D eigenvalue weighted by Crippen LogP contribution is -2.24. The molecule has 0 atom stereocenters. The number of halogens is 1. The Hall–Kier alpha value is -1.63. The Balaban J connectivity index is 2.86. The number of nitrogens with zero attached hydrogens (tertiary/aromatic N) is 1. The van der Waals surface area contributed by atoms with Gasteiger partial charge >= 0.3 is 5.97 Å². The first-order valence-corrected chi connectivity index (χ1v) is 6.73. The zero-order chi connectivity index (χ0) is 14.2. The molecule has 1 N–H and O–H groups in total. The predicted octanol–water partition coefficient (Wildman–Crippen LogP) is 2.76. The molecule has 2 aromatic rings. The van der Waals surface area contributed by atoms with Crippen molar-refractivity contribution in [2.75, 3.05) is 0 Å². The molecule has 0 amide bonds. The van der Waals surface area contributed by atoms with Crippen molar-refractivity contribution in [2.45, 2.75) is 13.8 Å². The first-order valence-electron chi connectivity index (χ1n) is 5.65. The van der Waals surface area contributed by atoms with E-state index in [4.69, 9.17) is 0 Å². The lowest BCUT2D eigenvalue weighted by Gasteiger charge is -2.15. The van der Waals surface area contributed by atoms with Gasteiger partial charge in [0.1, 0.15) is 0 Å². The highest BCUT2D eigenvalue weighted by atomic mass is 127. The maximum absolute atomic E-state index is 12.2. The van der Waals surface area contributed by atoms with Crippen LogP contribution in [0.2, 0.25) is 0 Å². The smallest absolute Gasteiger partial charge is 0.337 e. The summed E-state index contributed by atoms with van der Waals surface area (Å²) in [6.45, 7) is 3.29. The molecule has 1 aromatic carbocycles. The number of carboxylic acid groups (broad SMARTS) is 1. The van der Waals surface area contributed by atoms with E-state index < -0.39 is 5.97 Å². The van der Waals surface area contributed by atoms with Crippen molar-refractivity contribution in [1.29, 1.82) is 0 Å². The Morgan fingerprint density at radius 1 is 1.26 bits per heavy atom. The number of hydrogen-bond donors (Lipinski definition) is 1. The summed E-state index contributed by atoms with van der Waals surface area (Å²) >= 11 is 2.13. The highest BCUT2D eigenvalue weighted by Crippen LogP contribution is 2.19. The predicted molar refractivity (Wildman–Crippen MR) is 81.2 cm³/mol. The molecular formula is C14H12INO3. The Kier molecular flexibility index (Phi) is 3.75. The van der Waals surface area contributed by atoms with Crippen molar-refractivity contribution in [3.8, 4) is 5.69 Å². The normalized spacial score (nSPS) is 10.5. The zero-order valence-corrected chi connectivity index (χ0v) is 12.6. The number of aryl methyl sites for hydroxylation is 1. The van der Waals surface area contributed by atoms with Gasteiger partial charge in [-0.15, -0.1) is 0 Å². The fourth-order valence-electron chi connectivity index (χ4n) is 2.14. The molecule has 0 spiro atoms. The lowest BCUT2D eigenvalue weighted by molar-refractivity contribution is 0.0694. The number of aromatic carboxylic acids is 1. The average Bonchev–Trinajstić information content (AvgIpc) is 2.30. The highest BCUT2D eigenvalue weighted by Gasteiger charge is 2.17. The summed E-state index contributed by atoms with van der Waals surface area (Å²) < 4.78 is 2.34. The molecule has 4 nitrogen and oxygen atoms in total. The highest BCUT2D eigenvalue weighted by molar-refractivity contribution is 14.1. The second-order valence-electron chi connectivity index (χ2n) is 4.22. The van der Waals surface area contributed by atoms with Crippen LogP contribution in [-0.2, 0) is 0 Å². The number of aromatic nitrogens is 1. The largest absolute Gasteiger partial charge is 0.478 e. The molecule has 1 heterocycles. The van der Waals surface area contributed by atoms with Crippen molar-refractivity contribution in [3.63, 3.8) is 0 Å². The van der Waals surface area contributed by atoms with Crippen LogP contribution in [0.25, 0.3) is 5.69 Å². The van der Waals surface area contributed by atoms with Crippen LogP contribution in [0.4, 0.5) is 0 Å². The third-order valence-electron chi connectivity index (χ3n) is 2.96. The molecular weight excluding hydrogens is 357 g/mol. The molecule has 0 radical (unpaired) electrons. The van der Waals surface area contributed by atoms with Gasteiger partial charge < -0.3 is 5.11 Å². The molecule has 0 saturated heterocycles. The zero-order valence-electron chi connectivity index (χ0n) is 10.5. The van der Waals surface area contributed by atoms with Crippen LogP contribution in [-0.4, -0.2) is 15.6 Å². The summed E-state index contributed by atoms with van der Waals surface area (Å²) in [5, 5.41) is 9.26. The number of carboxylic acids is 1. The van der Waals surface area contributed by atoms with Crippen LogP contribution < -0.4 is 5.56 Å². The van der Waals surface area contributed by atoms with Gasteiger partial charge in [0.2, 0.25) is 0 Å². The summed E-state index contributed by atoms with van der Waals surface area (Å²) in [6.07, 6.45) is 0. The molecule has 0 unspecified atom stereocenters. The number of pyridine rings is 1. The van der Waals surface area contributed by atoms with E-state index in [1.54, 1.807) is 19.9 Å². The molecule has 98 valence electrons. The van der Waals surface area contributed by atoms with Gasteiger partial charge in [-0.25, -0.2) is 4.79 Å². The van der Waals surface area contributed by atoms with Crippen molar-refractivity contribution in [2.24, 2.45) is 0 Å². The molecule has 2 rings (SSSR count). The van der Waals surface area contributed by atoms with Crippen LogP contribution in [0.3, 0.4) is 0 Å². The number of hydrogen-bond acceptors (Lipinski definition) is 2. The van der Waals surface area contributed by atoms with Gasteiger partial charge in [-0.05, 0) is 54.1 Å². The summed E-state index contributed by atoms with van der Waals surface area (Å²) in [7, 11) is 0. The third kappa shape index (κ3) is 2.42. The Labute approximate surface area is 123 Å². The minimum atomic E-state index is -1.02. The van der Waals surface area contributed by atoms with Crippen LogP contribution >= 0.6 is 22.6 Å². The summed E-state index contributed by atoms with van der Waals surface area (Å²) in [5.74, 6) is -1.02. The third-order valence-corrected chi connectivity index (χ3v) is 3.87. The Morgan fingerprint density at radius 2 is 1.89 bits per heavy atom. The minimum absolute atomic E-state index is 0.180. The lowest BCUT2D eigenvalue weighted by atomic mass is 10.1. The topological polar surface area (TPSA) is 59.3 Å². The first-order chi connectivity index (χ1) is 8.93. The van der Waals surface area contributed by atoms with Crippen molar-refractivity contribution in [1.82, 2.24) is 4.57 Å². The Bertz CT molecular complexity index is 719. The van der Waals surface area contributed by atoms with Crippen molar-refractivity contribution < 1.29 is 9.90 Å². The second-order valence-corrected chi connectivity index (χ2v) is 5.38. The molecule has 5 heteroatoms. The van der Waals surface area contributed by atoms with Gasteiger partial charge in [0.05, 0.1) is 11.3 Å². The molecule has 0 aliphatic carbocycles. The van der Waals surface area contributed by atoms with E-state index >= 15 is 0 Å². The van der Waals surface area contributed by atoms with Gasteiger partial charge in [0, 0.05) is 15.3 Å². The van der Waals surface area contributed by atoms with Crippen LogP contribution in [0.1, 0.15) is 21.6 Å². The maximum Gasteiger partial charge on any atom is 0.337 e. The number of para-hydroxylation sites is 1. The van der Waals surface area contributed by atoms with E-state index in [0.29, 0.717) is 16.9 Å². The van der Waals surface area contributed by atoms with E-state index in [0.717, 1.165) is 3.57 Å². The molecule has 0 fully saturated rings. The number of rotatable bonds is 2. The van der Waals surface area contributed by atoms with E-state index in [1.807, 2.05) is 18.2 Å². The molecule has 0 aliphatic rings. The summed E-state index contributed by atoms with van der Waals surface area (Å²) in [6, 6.07) is 8.74. The van der Waals surface area contributed by atoms with Crippen molar-refractivity contribution >= 4 is 28.6 Å². The van der Waals surface area contributed by atoms with E-state index in [-0.39, 0.29) is 11.1 Å². The minimum Gasteiger partial charge on any atom is -0.478 e. The summed E-state index contributed by atoms with van der Waals surface area (Å²) in [4.78, 5) is 23.5. The second kappa shape index (κ2) is 5.16. The van der Waals surface area contributed by atoms with Crippen LogP contribution in [0.5, 0.6) is 0 Å². The fourth-order valence-corrected chi connectivity index (χ4v) is 2.77. The Morgan fingerprint density at radius 3 is 2.47 bits per heavy atom. The van der Waals surface area contributed by atoms with E-state index in [1.165, 1.54) is 10.6 Å². The fraction of sp³-hybridized carbons (Fsp3) is 0.143. The van der Waals surface area contributed by atoms with Gasteiger partial charge in [0.25, 0.3) is 5.56 Å². The van der Waals surface area contributed by atoms with Crippen molar-refractivity contribution in [3.05, 3.63) is 61.1 Å². The average molecular weight is 369 g/mol. The molecule has 0 aliphatic heterocycles. The van der Waals surface area contributed by atoms with Gasteiger partial charge in [0.15, 0.2) is 0 Å². The van der Waals surface area contributed by atoms with Crippen LogP contribution in [0.15, 0.2) is 35.1 Å². The SMILES string of the molecule is Cc1cc(=O)n(-c2ccccc2I)c(C)c1C(=O)O. The molecule has 1 aromatic heterocycles. The van der Waals surface area contributed by atoms with Gasteiger partial charge in [-0.3, -0.25) is 9.36 Å². The van der Waals surface area contributed by atoms with Gasteiger partial charge in [-0.1, -0.05) is 12.1 Å². The maximum atomic E-state index is 12.2. The summed E-state index contributed by atoms with van der Waals surface area (Å²) in [5.41, 5.74) is 1.59. The van der Waals surface area contributed by atoms with E-state index in [9.17, 15) is 14.7 Å². The standard InChI is InChI=1S/C14H12INO3/c1-8-7-12(17)16(9(2)13(8)14(18)19)11-6-4-3-5-10(11)15/h3-7H,1-2H3,(H,18,19). The molecule has 0 saturated carbocycles. The first kappa shape index (κ1) is 13.8. The quantitative estimate of drug-likeness (QED) is 0.829. The van der Waals surface area contributed by atoms with Gasteiger partial charge in [-0.2, -0.15) is 0 Å². The number of benzene rings is 1. The van der Waals surface area contributed by atoms with Crippen LogP contribution in [0, 0.1) is 17.4 Å². The monoisotopic (exact) mass is 369 g/mol. The van der Waals surface area contributed by atoms with E-state index in [2.05, 4.69) is 22.6 Å². The molecule has 0 bridgehead atoms. The molecule has 19 heavy (non-hydrogen) atoms.